The van der Waals surface area contributed by atoms with Crippen molar-refractivity contribution in [1.82, 2.24) is 0 Å². The number of nitrogens with zero attached hydrogens (tertiary/aromatic N) is 2. The number of hydrogen-bond acceptors (Lipinski definition) is 5. The molecule has 0 aliphatic heterocycles. The molecule has 0 aromatic heterocycles. The largest absolute Gasteiger partial charge is 0.477 e. The number of nitro benzene ring substituents is 2. The van der Waals surface area contributed by atoms with Crippen LogP contribution in [0.3, 0.4) is 0 Å². The summed E-state index contributed by atoms with van der Waals surface area (Å²) in [6, 6.07) is 1.50. The average molecular weight is 247 g/mol. The zero-order valence-corrected chi connectivity index (χ0v) is 8.17. The van der Waals surface area contributed by atoms with E-state index in [1.807, 2.05) is 0 Å². The summed E-state index contributed by atoms with van der Waals surface area (Å²) < 4.78 is 0. The predicted molar refractivity (Wildman–Crippen MR) is 51.7 cm³/mol. The van der Waals surface area contributed by atoms with Crippen molar-refractivity contribution in [1.29, 1.82) is 0 Å². The van der Waals surface area contributed by atoms with Crippen LogP contribution in [0.2, 0.25) is 5.02 Å². The second kappa shape index (κ2) is 4.11. The third-order valence-electron chi connectivity index (χ3n) is 1.67. The van der Waals surface area contributed by atoms with Gasteiger partial charge in [-0.15, -0.1) is 0 Å². The molecule has 0 saturated carbocycles. The Labute approximate surface area is 92.4 Å². The van der Waals surface area contributed by atoms with Crippen molar-refractivity contribution in [3.8, 4) is 0 Å². The maximum absolute atomic E-state index is 10.7. The van der Waals surface area contributed by atoms with E-state index in [9.17, 15) is 25.0 Å². The van der Waals surface area contributed by atoms with Crippen molar-refractivity contribution >= 4 is 28.9 Å². The van der Waals surface area contributed by atoms with Gasteiger partial charge in [-0.1, -0.05) is 11.6 Å². The van der Waals surface area contributed by atoms with E-state index in [0.29, 0.717) is 0 Å². The highest BCUT2D eigenvalue weighted by Crippen LogP contribution is 2.32. The van der Waals surface area contributed by atoms with Gasteiger partial charge < -0.3 is 5.11 Å². The summed E-state index contributed by atoms with van der Waals surface area (Å²) in [5.74, 6) is -1.75. The van der Waals surface area contributed by atoms with Crippen LogP contribution in [-0.4, -0.2) is 20.9 Å². The van der Waals surface area contributed by atoms with Crippen molar-refractivity contribution in [2.45, 2.75) is 0 Å². The predicted octanol–water partition coefficient (Wildman–Crippen LogP) is 1.85. The fraction of sp³-hybridized carbons (Fsp3) is 0. The van der Waals surface area contributed by atoms with Gasteiger partial charge in [0.15, 0.2) is 0 Å². The topological polar surface area (TPSA) is 124 Å². The highest BCUT2D eigenvalue weighted by Gasteiger charge is 2.31. The normalized spacial score (nSPS) is 9.81. The van der Waals surface area contributed by atoms with Gasteiger partial charge in [-0.25, -0.2) is 4.79 Å². The summed E-state index contributed by atoms with van der Waals surface area (Å²) in [5.41, 5.74) is -2.81. The van der Waals surface area contributed by atoms with Crippen LogP contribution in [0, 0.1) is 20.2 Å². The van der Waals surface area contributed by atoms with Crippen LogP contribution in [0.15, 0.2) is 12.1 Å². The molecule has 0 atom stereocenters. The number of benzene rings is 1. The minimum atomic E-state index is -1.75. The van der Waals surface area contributed by atoms with Crippen LogP contribution in [0.25, 0.3) is 0 Å². The maximum atomic E-state index is 10.7. The Bertz CT molecular complexity index is 465. The molecule has 1 rings (SSSR count). The standard InChI is InChI=1S/C7H3ClN2O6/c8-3-1-4(9(13)14)6(7(11)12)5(2-3)10(15)16/h1-2H,(H,11,12). The lowest BCUT2D eigenvalue weighted by atomic mass is 10.1. The Hall–Kier alpha value is -2.22. The molecule has 1 aromatic rings. The van der Waals surface area contributed by atoms with Gasteiger partial charge in [-0.2, -0.15) is 0 Å². The Morgan fingerprint density at radius 3 is 1.81 bits per heavy atom. The highest BCUT2D eigenvalue weighted by atomic mass is 35.5. The number of carbonyl (C=O) groups is 1. The van der Waals surface area contributed by atoms with Gasteiger partial charge >= 0.3 is 5.97 Å². The number of carboxylic acid groups (broad SMARTS) is 1. The molecule has 0 heterocycles. The molecule has 84 valence electrons. The lowest BCUT2D eigenvalue weighted by Gasteiger charge is -2.00. The number of rotatable bonds is 3. The summed E-state index contributed by atoms with van der Waals surface area (Å²) in [7, 11) is 0. The number of aromatic carboxylic acids is 1. The quantitative estimate of drug-likeness (QED) is 0.641. The van der Waals surface area contributed by atoms with Gasteiger partial charge in [0.25, 0.3) is 11.4 Å². The first-order chi connectivity index (χ1) is 7.34. The molecule has 0 spiro atoms. The Morgan fingerprint density at radius 1 is 1.19 bits per heavy atom. The lowest BCUT2D eigenvalue weighted by Crippen LogP contribution is -2.07. The molecule has 0 unspecified atom stereocenters. The van der Waals surface area contributed by atoms with Crippen LogP contribution in [0.1, 0.15) is 10.4 Å². The molecule has 16 heavy (non-hydrogen) atoms. The summed E-state index contributed by atoms with van der Waals surface area (Å²) in [6.45, 7) is 0. The highest BCUT2D eigenvalue weighted by molar-refractivity contribution is 6.31. The second-order valence-electron chi connectivity index (χ2n) is 2.64. The molecule has 0 bridgehead atoms. The smallest absolute Gasteiger partial charge is 0.349 e. The second-order valence-corrected chi connectivity index (χ2v) is 3.07. The van der Waals surface area contributed by atoms with Crippen LogP contribution in [-0.2, 0) is 0 Å². The van der Waals surface area contributed by atoms with Gasteiger partial charge in [0.2, 0.25) is 5.56 Å². The average Bonchev–Trinajstić information content (AvgIpc) is 2.15. The number of halogens is 1. The van der Waals surface area contributed by atoms with Crippen LogP contribution in [0.4, 0.5) is 11.4 Å². The zero-order chi connectivity index (χ0) is 12.5. The van der Waals surface area contributed by atoms with E-state index in [0.717, 1.165) is 12.1 Å². The van der Waals surface area contributed by atoms with Crippen molar-refractivity contribution < 1.29 is 19.7 Å². The Kier molecular flexibility index (Phi) is 3.04. The molecule has 1 aromatic carbocycles. The van der Waals surface area contributed by atoms with E-state index in [1.165, 1.54) is 0 Å². The van der Waals surface area contributed by atoms with Crippen molar-refractivity contribution in [2.75, 3.05) is 0 Å². The molecule has 0 radical (unpaired) electrons. The van der Waals surface area contributed by atoms with Gasteiger partial charge in [0.05, 0.1) is 14.9 Å². The summed E-state index contributed by atoms with van der Waals surface area (Å²) in [4.78, 5) is 29.7. The Balaban J connectivity index is 3.67. The molecule has 8 nitrogen and oxygen atoms in total. The summed E-state index contributed by atoms with van der Waals surface area (Å²) in [5, 5.41) is 29.4. The monoisotopic (exact) mass is 246 g/mol. The minimum absolute atomic E-state index is 0.275. The van der Waals surface area contributed by atoms with E-state index < -0.39 is 32.8 Å². The molecule has 9 heteroatoms. The van der Waals surface area contributed by atoms with E-state index in [1.54, 1.807) is 0 Å². The molecule has 0 aliphatic carbocycles. The Morgan fingerprint density at radius 2 is 1.56 bits per heavy atom. The zero-order valence-electron chi connectivity index (χ0n) is 7.42. The first-order valence-electron chi connectivity index (χ1n) is 3.70. The van der Waals surface area contributed by atoms with Crippen molar-refractivity contribution in [2.24, 2.45) is 0 Å². The molecule has 0 saturated heterocycles. The van der Waals surface area contributed by atoms with Crippen LogP contribution >= 0.6 is 11.6 Å². The minimum Gasteiger partial charge on any atom is -0.477 e. The molecule has 0 fully saturated rings. The fourth-order valence-electron chi connectivity index (χ4n) is 1.09. The van der Waals surface area contributed by atoms with E-state index >= 15 is 0 Å². The van der Waals surface area contributed by atoms with Gasteiger partial charge in [-0.3, -0.25) is 20.2 Å². The molecule has 0 amide bonds. The van der Waals surface area contributed by atoms with Crippen molar-refractivity contribution in [3.63, 3.8) is 0 Å². The third-order valence-corrected chi connectivity index (χ3v) is 1.89. The van der Waals surface area contributed by atoms with Gasteiger partial charge in [-0.05, 0) is 0 Å². The SMILES string of the molecule is O=C(O)c1c([N+](=O)[O-])cc(Cl)cc1[N+](=O)[O-]. The number of nitro groups is 2. The van der Waals surface area contributed by atoms with Gasteiger partial charge in [0, 0.05) is 12.1 Å². The summed E-state index contributed by atoms with van der Waals surface area (Å²) >= 11 is 5.41. The summed E-state index contributed by atoms with van der Waals surface area (Å²) in [6.07, 6.45) is 0. The molecular formula is C7H3ClN2O6. The first-order valence-corrected chi connectivity index (χ1v) is 4.08. The third kappa shape index (κ3) is 2.06. The molecular weight excluding hydrogens is 244 g/mol. The van der Waals surface area contributed by atoms with Crippen molar-refractivity contribution in [3.05, 3.63) is 42.9 Å². The lowest BCUT2D eigenvalue weighted by molar-refractivity contribution is -0.394. The molecule has 1 N–H and O–H groups in total. The first kappa shape index (κ1) is 11.9. The van der Waals surface area contributed by atoms with Crippen LogP contribution in [0.5, 0.6) is 0 Å². The fourth-order valence-corrected chi connectivity index (χ4v) is 1.29. The van der Waals surface area contributed by atoms with Crippen LogP contribution < -0.4 is 0 Å². The van der Waals surface area contributed by atoms with Gasteiger partial charge in [0.1, 0.15) is 0 Å². The van der Waals surface area contributed by atoms with E-state index in [4.69, 9.17) is 16.7 Å². The number of hydrogen-bond donors (Lipinski definition) is 1. The number of carboxylic acids is 1. The van der Waals surface area contributed by atoms with E-state index in [2.05, 4.69) is 0 Å². The van der Waals surface area contributed by atoms with E-state index in [-0.39, 0.29) is 5.02 Å². The molecule has 0 aliphatic rings. The maximum Gasteiger partial charge on any atom is 0.349 e.